The zero-order valence-corrected chi connectivity index (χ0v) is 12.3. The lowest BCUT2D eigenvalue weighted by Crippen LogP contribution is -2.23. The van der Waals surface area contributed by atoms with Gasteiger partial charge in [0, 0.05) is 5.57 Å². The normalized spacial score (nSPS) is 16.7. The number of allylic oxidation sites excluding steroid dienone is 1. The Morgan fingerprint density at radius 2 is 1.59 bits per heavy atom. The Morgan fingerprint density at radius 1 is 1.05 bits per heavy atom. The monoisotopic (exact) mass is 333 g/mol. The minimum Gasteiger partial charge on any atom is -0.366 e. The summed E-state index contributed by atoms with van der Waals surface area (Å²) in [6, 6.07) is 4.36. The molecule has 120 valence electrons. The summed E-state index contributed by atoms with van der Waals surface area (Å²) in [6.45, 7) is 0. The first-order valence-electron chi connectivity index (χ1n) is 6.58. The molecule has 0 saturated carbocycles. The molecule has 22 heavy (non-hydrogen) atoms. The van der Waals surface area contributed by atoms with Crippen LogP contribution >= 0.6 is 0 Å². The summed E-state index contributed by atoms with van der Waals surface area (Å²) in [5, 5.41) is 0. The van der Waals surface area contributed by atoms with E-state index < -0.39 is 26.1 Å². The molecule has 1 aromatic rings. The fourth-order valence-electron chi connectivity index (χ4n) is 2.46. The molecule has 1 aliphatic rings. The quantitative estimate of drug-likeness (QED) is 0.924. The summed E-state index contributed by atoms with van der Waals surface area (Å²) in [4.78, 5) is 10.6. The topological polar surface area (TPSA) is 77.2 Å². The molecule has 0 radical (unpaired) electrons. The van der Waals surface area contributed by atoms with E-state index in [1.807, 2.05) is 0 Å². The maximum absolute atomic E-state index is 12.5. The van der Waals surface area contributed by atoms with E-state index in [-0.39, 0.29) is 0 Å². The molecule has 4 nitrogen and oxygen atoms in total. The van der Waals surface area contributed by atoms with Crippen molar-refractivity contribution in [3.63, 3.8) is 0 Å². The first kappa shape index (κ1) is 16.5. The predicted octanol–water partition coefficient (Wildman–Crippen LogP) is 2.79. The van der Waals surface area contributed by atoms with Crippen molar-refractivity contribution in [2.75, 3.05) is 0 Å². The maximum atomic E-state index is 12.5. The van der Waals surface area contributed by atoms with E-state index in [9.17, 15) is 26.4 Å². The van der Waals surface area contributed by atoms with Crippen LogP contribution in [0.1, 0.15) is 31.2 Å². The molecule has 0 saturated heterocycles. The van der Waals surface area contributed by atoms with Crippen LogP contribution in [0.15, 0.2) is 34.7 Å². The fourth-order valence-corrected chi connectivity index (χ4v) is 3.23. The minimum atomic E-state index is -5.36. The molecule has 1 aliphatic carbocycles. The van der Waals surface area contributed by atoms with E-state index in [4.69, 9.17) is 5.73 Å². The van der Waals surface area contributed by atoms with Gasteiger partial charge in [-0.15, -0.1) is 0 Å². The van der Waals surface area contributed by atoms with Crippen LogP contribution in [0, 0.1) is 0 Å². The third-order valence-corrected chi connectivity index (χ3v) is 5.09. The second kappa shape index (κ2) is 5.75. The molecule has 0 aliphatic heterocycles. The molecular formula is C14H14F3NO3S. The van der Waals surface area contributed by atoms with E-state index in [2.05, 4.69) is 0 Å². The summed E-state index contributed by atoms with van der Waals surface area (Å²) in [5.74, 6) is -0.554. The first-order valence-corrected chi connectivity index (χ1v) is 8.06. The smallest absolute Gasteiger partial charge is 0.366 e. The summed E-state index contributed by atoms with van der Waals surface area (Å²) in [5.41, 5.74) is 1.63. The SMILES string of the molecule is NC(=O)C1=C(c2ccc(S(=O)(=O)C(F)(F)F)cc2)CCCC1. The van der Waals surface area contributed by atoms with Crippen LogP contribution in [0.5, 0.6) is 0 Å². The number of hydrogen-bond acceptors (Lipinski definition) is 3. The number of sulfone groups is 1. The van der Waals surface area contributed by atoms with E-state index in [0.717, 1.165) is 25.0 Å². The van der Waals surface area contributed by atoms with Gasteiger partial charge in [0.1, 0.15) is 0 Å². The van der Waals surface area contributed by atoms with Crippen LogP contribution in [0.25, 0.3) is 5.57 Å². The van der Waals surface area contributed by atoms with Crippen molar-refractivity contribution in [3.8, 4) is 0 Å². The number of rotatable bonds is 3. The number of carbonyl (C=O) groups excluding carboxylic acids is 1. The van der Waals surface area contributed by atoms with Crippen LogP contribution in [0.3, 0.4) is 0 Å². The van der Waals surface area contributed by atoms with Gasteiger partial charge in [0.25, 0.3) is 9.84 Å². The van der Waals surface area contributed by atoms with Crippen LogP contribution in [0.2, 0.25) is 0 Å². The number of primary amides is 1. The van der Waals surface area contributed by atoms with Crippen LogP contribution in [0.4, 0.5) is 13.2 Å². The molecule has 0 spiro atoms. The van der Waals surface area contributed by atoms with E-state index >= 15 is 0 Å². The average molecular weight is 333 g/mol. The second-order valence-electron chi connectivity index (χ2n) is 5.00. The van der Waals surface area contributed by atoms with Gasteiger partial charge >= 0.3 is 5.51 Å². The van der Waals surface area contributed by atoms with Crippen LogP contribution in [-0.2, 0) is 14.6 Å². The number of carbonyl (C=O) groups is 1. The molecular weight excluding hydrogens is 319 g/mol. The molecule has 8 heteroatoms. The molecule has 0 fully saturated rings. The van der Waals surface area contributed by atoms with Gasteiger partial charge < -0.3 is 5.73 Å². The van der Waals surface area contributed by atoms with Crippen molar-refractivity contribution in [3.05, 3.63) is 35.4 Å². The molecule has 0 bridgehead atoms. The highest BCUT2D eigenvalue weighted by Crippen LogP contribution is 2.34. The third-order valence-electron chi connectivity index (χ3n) is 3.58. The van der Waals surface area contributed by atoms with Gasteiger partial charge in [-0.25, -0.2) is 8.42 Å². The van der Waals surface area contributed by atoms with Crippen molar-refractivity contribution in [1.82, 2.24) is 0 Å². The highest BCUT2D eigenvalue weighted by Gasteiger charge is 2.46. The Bertz CT molecular complexity index is 719. The van der Waals surface area contributed by atoms with Gasteiger partial charge in [-0.05, 0) is 49.0 Å². The lowest BCUT2D eigenvalue weighted by Gasteiger charge is -2.19. The number of alkyl halides is 3. The van der Waals surface area contributed by atoms with E-state index in [1.54, 1.807) is 0 Å². The van der Waals surface area contributed by atoms with Gasteiger partial charge in [-0.1, -0.05) is 12.1 Å². The zero-order valence-electron chi connectivity index (χ0n) is 11.5. The standard InChI is InChI=1S/C14H14F3NO3S/c15-14(16,17)22(20,21)10-7-5-9(6-8-10)11-3-1-2-4-12(11)13(18)19/h5-8H,1-4H2,(H2,18,19). The Hall–Kier alpha value is -1.83. The molecule has 2 rings (SSSR count). The number of amides is 1. The van der Waals surface area contributed by atoms with E-state index in [1.165, 1.54) is 12.1 Å². The van der Waals surface area contributed by atoms with Crippen molar-refractivity contribution in [1.29, 1.82) is 0 Å². The Kier molecular flexibility index (Phi) is 4.32. The van der Waals surface area contributed by atoms with Crippen molar-refractivity contribution < 1.29 is 26.4 Å². The minimum absolute atomic E-state index is 0.456. The molecule has 0 aromatic heterocycles. The first-order chi connectivity index (χ1) is 10.1. The fraction of sp³-hybridized carbons (Fsp3) is 0.357. The lowest BCUT2D eigenvalue weighted by molar-refractivity contribution is -0.114. The highest BCUT2D eigenvalue weighted by atomic mass is 32.2. The second-order valence-corrected chi connectivity index (χ2v) is 6.94. The number of hydrogen-bond donors (Lipinski definition) is 1. The summed E-state index contributed by atoms with van der Waals surface area (Å²) in [7, 11) is -5.36. The van der Waals surface area contributed by atoms with Gasteiger partial charge in [0.2, 0.25) is 5.91 Å². The predicted molar refractivity (Wildman–Crippen MR) is 74.3 cm³/mol. The summed E-state index contributed by atoms with van der Waals surface area (Å²) >= 11 is 0. The molecule has 0 heterocycles. The molecule has 2 N–H and O–H groups in total. The third kappa shape index (κ3) is 3.01. The highest BCUT2D eigenvalue weighted by molar-refractivity contribution is 7.92. The molecule has 0 unspecified atom stereocenters. The Balaban J connectivity index is 2.44. The van der Waals surface area contributed by atoms with Crippen molar-refractivity contribution >= 4 is 21.3 Å². The Labute approximate surface area is 125 Å². The lowest BCUT2D eigenvalue weighted by atomic mass is 9.87. The molecule has 0 atom stereocenters. The summed E-state index contributed by atoms with van der Waals surface area (Å²) < 4.78 is 60.1. The van der Waals surface area contributed by atoms with Gasteiger partial charge in [-0.2, -0.15) is 13.2 Å². The number of nitrogens with two attached hydrogens (primary N) is 1. The van der Waals surface area contributed by atoms with Gasteiger partial charge in [0.15, 0.2) is 0 Å². The molecule has 1 amide bonds. The summed E-state index contributed by atoms with van der Waals surface area (Å²) in [6.07, 6.45) is 2.77. The largest absolute Gasteiger partial charge is 0.501 e. The van der Waals surface area contributed by atoms with Gasteiger partial charge in [-0.3, -0.25) is 4.79 Å². The average Bonchev–Trinajstić information content (AvgIpc) is 2.46. The van der Waals surface area contributed by atoms with Crippen molar-refractivity contribution in [2.45, 2.75) is 36.1 Å². The number of benzene rings is 1. The van der Waals surface area contributed by atoms with Gasteiger partial charge in [0.05, 0.1) is 4.90 Å². The van der Waals surface area contributed by atoms with Crippen molar-refractivity contribution in [2.24, 2.45) is 5.73 Å². The Morgan fingerprint density at radius 3 is 2.09 bits per heavy atom. The molecule has 1 aromatic carbocycles. The van der Waals surface area contributed by atoms with Crippen LogP contribution in [-0.4, -0.2) is 19.8 Å². The zero-order chi connectivity index (χ0) is 16.5. The van der Waals surface area contributed by atoms with Crippen LogP contribution < -0.4 is 5.73 Å². The van der Waals surface area contributed by atoms with E-state index in [0.29, 0.717) is 29.6 Å². The maximum Gasteiger partial charge on any atom is 0.501 e. The number of halogens is 3.